The van der Waals surface area contributed by atoms with Gasteiger partial charge in [-0.1, -0.05) is 6.07 Å². The summed E-state index contributed by atoms with van der Waals surface area (Å²) >= 11 is 0. The lowest BCUT2D eigenvalue weighted by Crippen LogP contribution is -2.56. The third kappa shape index (κ3) is 4.72. The van der Waals surface area contributed by atoms with Crippen molar-refractivity contribution < 1.29 is 18.0 Å². The maximum Gasteiger partial charge on any atom is 0.416 e. The summed E-state index contributed by atoms with van der Waals surface area (Å²) in [6.07, 6.45) is -0.970. The van der Waals surface area contributed by atoms with Gasteiger partial charge in [0.1, 0.15) is 12.9 Å². The number of piperazine rings is 1. The van der Waals surface area contributed by atoms with Crippen LogP contribution in [0.2, 0.25) is 0 Å². The van der Waals surface area contributed by atoms with E-state index in [4.69, 9.17) is 0 Å². The molecule has 2 aromatic rings. The highest BCUT2D eigenvalue weighted by Crippen LogP contribution is 2.32. The Morgan fingerprint density at radius 1 is 1.13 bits per heavy atom. The molecular formula is C19H24F3N7O. The molecule has 0 radical (unpaired) electrons. The first kappa shape index (κ1) is 20.6. The van der Waals surface area contributed by atoms with Crippen LogP contribution in [0.3, 0.4) is 0 Å². The van der Waals surface area contributed by atoms with Crippen LogP contribution >= 0.6 is 0 Å². The van der Waals surface area contributed by atoms with Crippen LogP contribution in [0.4, 0.5) is 18.9 Å². The lowest BCUT2D eigenvalue weighted by molar-refractivity contribution is -0.137. The second-order valence-corrected chi connectivity index (χ2v) is 7.71. The minimum absolute atomic E-state index is 0.00500. The van der Waals surface area contributed by atoms with Crippen LogP contribution in [0.15, 0.2) is 30.6 Å². The number of carbonyl (C=O) groups is 1. The summed E-state index contributed by atoms with van der Waals surface area (Å²) in [5, 5.41) is 10.8. The molecule has 1 aromatic carbocycles. The minimum Gasteiger partial charge on any atom is -0.369 e. The molecule has 2 aliphatic rings. The van der Waals surface area contributed by atoms with Crippen LogP contribution in [-0.2, 0) is 17.5 Å². The van der Waals surface area contributed by atoms with Crippen molar-refractivity contribution in [3.05, 3.63) is 36.2 Å². The fraction of sp³-hybridized carbons (Fsp3) is 0.579. The number of tetrazole rings is 1. The number of anilines is 1. The van der Waals surface area contributed by atoms with Gasteiger partial charge in [-0.3, -0.25) is 9.69 Å². The third-order valence-corrected chi connectivity index (χ3v) is 5.81. The molecule has 0 unspecified atom stereocenters. The van der Waals surface area contributed by atoms with Crippen molar-refractivity contribution in [3.63, 3.8) is 0 Å². The van der Waals surface area contributed by atoms with Gasteiger partial charge in [-0.15, -0.1) is 5.10 Å². The Hall–Kier alpha value is -2.69. The number of rotatable bonds is 4. The molecular weight excluding hydrogens is 399 g/mol. The van der Waals surface area contributed by atoms with Crippen LogP contribution in [0, 0.1) is 0 Å². The largest absolute Gasteiger partial charge is 0.416 e. The van der Waals surface area contributed by atoms with Gasteiger partial charge >= 0.3 is 6.18 Å². The maximum absolute atomic E-state index is 13.0. The quantitative estimate of drug-likeness (QED) is 0.743. The summed E-state index contributed by atoms with van der Waals surface area (Å²) in [5.41, 5.74) is -0.0159. The molecule has 0 spiro atoms. The van der Waals surface area contributed by atoms with Crippen molar-refractivity contribution in [1.82, 2.24) is 30.0 Å². The molecule has 2 fully saturated rings. The van der Waals surface area contributed by atoms with Crippen LogP contribution in [0.25, 0.3) is 0 Å². The van der Waals surface area contributed by atoms with E-state index < -0.39 is 11.7 Å². The molecule has 4 rings (SSSR count). The Morgan fingerprint density at radius 2 is 1.93 bits per heavy atom. The Bertz CT molecular complexity index is 850. The zero-order valence-electron chi connectivity index (χ0n) is 16.5. The monoisotopic (exact) mass is 423 g/mol. The highest BCUT2D eigenvalue weighted by atomic mass is 19.4. The first-order valence-electron chi connectivity index (χ1n) is 10.0. The fourth-order valence-corrected chi connectivity index (χ4v) is 4.19. The van der Waals surface area contributed by atoms with Gasteiger partial charge in [0.15, 0.2) is 0 Å². The predicted molar refractivity (Wildman–Crippen MR) is 103 cm³/mol. The highest BCUT2D eigenvalue weighted by Gasteiger charge is 2.32. The molecule has 0 aliphatic carbocycles. The van der Waals surface area contributed by atoms with Gasteiger partial charge in [-0.2, -0.15) is 13.2 Å². The molecule has 0 saturated carbocycles. The van der Waals surface area contributed by atoms with Crippen molar-refractivity contribution in [2.24, 2.45) is 0 Å². The average Bonchev–Trinajstić information content (AvgIpc) is 3.26. The Labute approximate surface area is 172 Å². The van der Waals surface area contributed by atoms with Gasteiger partial charge in [0.2, 0.25) is 5.91 Å². The van der Waals surface area contributed by atoms with Crippen molar-refractivity contribution >= 4 is 11.6 Å². The summed E-state index contributed by atoms with van der Waals surface area (Å²) in [5.74, 6) is -0.00500. The Morgan fingerprint density at radius 3 is 2.63 bits per heavy atom. The number of amides is 1. The number of hydrogen-bond acceptors (Lipinski definition) is 6. The zero-order chi connectivity index (χ0) is 21.1. The van der Waals surface area contributed by atoms with Gasteiger partial charge in [0.25, 0.3) is 0 Å². The second kappa shape index (κ2) is 8.58. The zero-order valence-corrected chi connectivity index (χ0v) is 16.5. The van der Waals surface area contributed by atoms with Crippen LogP contribution < -0.4 is 4.90 Å². The fourth-order valence-electron chi connectivity index (χ4n) is 4.19. The standard InChI is InChI=1S/C19H24F3N7O/c20-19(21,22)15-3-1-4-16(11-15)26-7-9-27(10-8-26)17-5-2-6-28(12-17)18(30)13-29-14-23-24-25-29/h1,3-4,11,14,17H,2,5-10,12-13H2/t17-/m1/s1. The summed E-state index contributed by atoms with van der Waals surface area (Å²) in [7, 11) is 0. The maximum atomic E-state index is 13.0. The molecule has 162 valence electrons. The third-order valence-electron chi connectivity index (χ3n) is 5.81. The number of benzene rings is 1. The SMILES string of the molecule is O=C(Cn1cnnn1)N1CCC[C@@H](N2CCN(c3cccc(C(F)(F)F)c3)CC2)C1. The summed E-state index contributed by atoms with van der Waals surface area (Å²) in [4.78, 5) is 18.7. The van der Waals surface area contributed by atoms with Gasteiger partial charge in [0.05, 0.1) is 5.56 Å². The van der Waals surface area contributed by atoms with E-state index in [1.165, 1.54) is 23.1 Å². The first-order chi connectivity index (χ1) is 14.4. The topological polar surface area (TPSA) is 70.4 Å². The number of piperidine rings is 1. The molecule has 3 heterocycles. The van der Waals surface area contributed by atoms with E-state index >= 15 is 0 Å². The number of hydrogen-bond donors (Lipinski definition) is 0. The molecule has 1 aromatic heterocycles. The number of nitrogens with zero attached hydrogens (tertiary/aromatic N) is 7. The smallest absolute Gasteiger partial charge is 0.369 e. The van der Waals surface area contributed by atoms with Crippen LogP contribution in [-0.4, -0.2) is 81.2 Å². The van der Waals surface area contributed by atoms with E-state index in [1.54, 1.807) is 6.07 Å². The number of likely N-dealkylation sites (tertiary alicyclic amines) is 1. The molecule has 2 aliphatic heterocycles. The highest BCUT2D eigenvalue weighted by molar-refractivity contribution is 5.76. The Balaban J connectivity index is 1.32. The molecule has 1 amide bonds. The normalized spacial score (nSPS) is 21.1. The molecule has 1 atom stereocenters. The van der Waals surface area contributed by atoms with E-state index in [2.05, 4.69) is 20.4 Å². The van der Waals surface area contributed by atoms with E-state index in [9.17, 15) is 18.0 Å². The molecule has 8 nitrogen and oxygen atoms in total. The molecule has 0 N–H and O–H groups in total. The van der Waals surface area contributed by atoms with Crippen LogP contribution in [0.5, 0.6) is 0 Å². The predicted octanol–water partition coefficient (Wildman–Crippen LogP) is 1.51. The van der Waals surface area contributed by atoms with Crippen molar-refractivity contribution in [1.29, 1.82) is 0 Å². The molecule has 30 heavy (non-hydrogen) atoms. The van der Waals surface area contributed by atoms with Crippen LogP contribution in [0.1, 0.15) is 18.4 Å². The van der Waals surface area contributed by atoms with E-state index in [0.717, 1.165) is 38.5 Å². The number of aromatic nitrogens is 4. The molecule has 0 bridgehead atoms. The number of alkyl halides is 3. The van der Waals surface area contributed by atoms with Gasteiger partial charge in [-0.25, -0.2) is 4.68 Å². The first-order valence-corrected chi connectivity index (χ1v) is 10.0. The van der Waals surface area contributed by atoms with Crippen molar-refractivity contribution in [2.75, 3.05) is 44.2 Å². The number of halogens is 3. The van der Waals surface area contributed by atoms with Gasteiger partial charge in [-0.05, 0) is 41.5 Å². The average molecular weight is 423 g/mol. The van der Waals surface area contributed by atoms with Crippen molar-refractivity contribution in [3.8, 4) is 0 Å². The van der Waals surface area contributed by atoms with Crippen molar-refractivity contribution in [2.45, 2.75) is 31.6 Å². The minimum atomic E-state index is -4.34. The second-order valence-electron chi connectivity index (χ2n) is 7.71. The lowest BCUT2D eigenvalue weighted by Gasteiger charge is -2.44. The Kier molecular flexibility index (Phi) is 5.89. The molecule has 11 heteroatoms. The summed E-state index contributed by atoms with van der Waals surface area (Å²) in [6.45, 7) is 4.36. The molecule has 2 saturated heterocycles. The van der Waals surface area contributed by atoms with E-state index in [-0.39, 0.29) is 18.5 Å². The number of carbonyl (C=O) groups excluding carboxylic acids is 1. The van der Waals surface area contributed by atoms with E-state index in [0.29, 0.717) is 25.3 Å². The van der Waals surface area contributed by atoms with Gasteiger partial charge < -0.3 is 9.80 Å². The lowest BCUT2D eigenvalue weighted by atomic mass is 10.0. The summed E-state index contributed by atoms with van der Waals surface area (Å²) < 4.78 is 40.4. The van der Waals surface area contributed by atoms with E-state index in [1.807, 2.05) is 9.80 Å². The summed E-state index contributed by atoms with van der Waals surface area (Å²) in [6, 6.07) is 5.77. The van der Waals surface area contributed by atoms with Gasteiger partial charge in [0, 0.05) is 51.0 Å².